The van der Waals surface area contributed by atoms with E-state index in [1.54, 1.807) is 19.1 Å². The maximum absolute atomic E-state index is 13.8. The van der Waals surface area contributed by atoms with Crippen LogP contribution in [0.25, 0.3) is 11.1 Å². The number of benzene rings is 2. The summed E-state index contributed by atoms with van der Waals surface area (Å²) in [6, 6.07) is 11.7. The summed E-state index contributed by atoms with van der Waals surface area (Å²) in [6.07, 6.45) is 0. The van der Waals surface area contributed by atoms with Crippen LogP contribution in [0.4, 0.5) is 4.39 Å². The molecule has 0 spiro atoms. The summed E-state index contributed by atoms with van der Waals surface area (Å²) in [4.78, 5) is 16.4. The third-order valence-electron chi connectivity index (χ3n) is 3.65. The highest BCUT2D eigenvalue weighted by Crippen LogP contribution is 2.24. The molecular formula is C18H17FN2O3S. The minimum Gasteiger partial charge on any atom is -0.494 e. The second kappa shape index (κ2) is 7.57. The lowest BCUT2D eigenvalue weighted by Crippen LogP contribution is -2.28. The molecule has 5 nitrogen and oxygen atoms in total. The van der Waals surface area contributed by atoms with Crippen LogP contribution in [-0.2, 0) is 4.79 Å². The van der Waals surface area contributed by atoms with Crippen molar-refractivity contribution in [3.05, 3.63) is 53.8 Å². The standard InChI is InChI=1S/C18H17FN2O3S/c1-11(12-7-8-15(23-2)13(19)9-12)20-17(22)10-25-18-21-14-5-3-4-6-16(14)24-18/h3-9,11H,10H2,1-2H3,(H,20,22)/t11-/m0/s1. The van der Waals surface area contributed by atoms with Crippen molar-refractivity contribution in [2.45, 2.75) is 18.2 Å². The fourth-order valence-corrected chi connectivity index (χ4v) is 3.01. The number of oxazole rings is 1. The summed E-state index contributed by atoms with van der Waals surface area (Å²) < 4.78 is 24.2. The zero-order valence-electron chi connectivity index (χ0n) is 13.8. The highest BCUT2D eigenvalue weighted by Gasteiger charge is 2.14. The first-order valence-corrected chi connectivity index (χ1v) is 8.66. The lowest BCUT2D eigenvalue weighted by molar-refractivity contribution is -0.119. The molecule has 0 aliphatic rings. The Balaban J connectivity index is 1.57. The zero-order chi connectivity index (χ0) is 17.8. The van der Waals surface area contributed by atoms with E-state index in [9.17, 15) is 9.18 Å². The quantitative estimate of drug-likeness (QED) is 0.675. The van der Waals surface area contributed by atoms with E-state index in [0.29, 0.717) is 16.4 Å². The number of fused-ring (bicyclic) bond motifs is 1. The Morgan fingerprint density at radius 1 is 1.36 bits per heavy atom. The smallest absolute Gasteiger partial charge is 0.257 e. The molecule has 1 atom stereocenters. The summed E-state index contributed by atoms with van der Waals surface area (Å²) in [7, 11) is 1.41. The average Bonchev–Trinajstić information content (AvgIpc) is 3.03. The van der Waals surface area contributed by atoms with Crippen molar-refractivity contribution in [1.82, 2.24) is 10.3 Å². The first kappa shape index (κ1) is 17.3. The number of nitrogens with one attached hydrogen (secondary N) is 1. The van der Waals surface area contributed by atoms with E-state index in [-0.39, 0.29) is 23.5 Å². The summed E-state index contributed by atoms with van der Waals surface area (Å²) in [5.74, 6) is -0.303. The largest absolute Gasteiger partial charge is 0.494 e. The number of ether oxygens (including phenoxy) is 1. The molecule has 1 heterocycles. The van der Waals surface area contributed by atoms with E-state index in [4.69, 9.17) is 9.15 Å². The van der Waals surface area contributed by atoms with Gasteiger partial charge in [0, 0.05) is 0 Å². The van der Waals surface area contributed by atoms with Crippen LogP contribution < -0.4 is 10.1 Å². The minimum absolute atomic E-state index is 0.162. The second-order valence-corrected chi connectivity index (χ2v) is 6.35. The van der Waals surface area contributed by atoms with Gasteiger partial charge in [-0.25, -0.2) is 9.37 Å². The number of carbonyl (C=O) groups excluding carboxylic acids is 1. The van der Waals surface area contributed by atoms with Crippen LogP contribution in [0.2, 0.25) is 0 Å². The second-order valence-electron chi connectivity index (χ2n) is 5.42. The Bertz CT molecular complexity index is 864. The molecule has 0 saturated heterocycles. The van der Waals surface area contributed by atoms with E-state index in [1.807, 2.05) is 24.3 Å². The molecule has 0 bridgehead atoms. The third-order valence-corrected chi connectivity index (χ3v) is 4.48. The van der Waals surface area contributed by atoms with Crippen LogP contribution in [0.3, 0.4) is 0 Å². The lowest BCUT2D eigenvalue weighted by atomic mass is 10.1. The number of halogens is 1. The molecule has 1 aromatic heterocycles. The summed E-state index contributed by atoms with van der Waals surface area (Å²) in [5, 5.41) is 3.27. The molecule has 1 N–H and O–H groups in total. The number of para-hydroxylation sites is 2. The number of rotatable bonds is 6. The van der Waals surface area contributed by atoms with Crippen molar-refractivity contribution in [1.29, 1.82) is 0 Å². The molecule has 0 unspecified atom stereocenters. The lowest BCUT2D eigenvalue weighted by Gasteiger charge is -2.14. The summed E-state index contributed by atoms with van der Waals surface area (Å²) >= 11 is 1.22. The molecule has 0 aliphatic heterocycles. The minimum atomic E-state index is -0.457. The Hall–Kier alpha value is -2.54. The van der Waals surface area contributed by atoms with E-state index < -0.39 is 5.82 Å². The Kier molecular flexibility index (Phi) is 5.23. The Morgan fingerprint density at radius 3 is 2.88 bits per heavy atom. The van der Waals surface area contributed by atoms with Gasteiger partial charge in [0.1, 0.15) is 5.52 Å². The number of thioether (sulfide) groups is 1. The average molecular weight is 360 g/mol. The molecule has 0 aliphatic carbocycles. The number of methoxy groups -OCH3 is 1. The highest BCUT2D eigenvalue weighted by molar-refractivity contribution is 7.99. The van der Waals surface area contributed by atoms with Crippen LogP contribution in [0.5, 0.6) is 5.75 Å². The zero-order valence-corrected chi connectivity index (χ0v) is 14.6. The van der Waals surface area contributed by atoms with Gasteiger partial charge in [0.15, 0.2) is 17.1 Å². The Morgan fingerprint density at radius 2 is 2.16 bits per heavy atom. The molecule has 3 rings (SSSR count). The fourth-order valence-electron chi connectivity index (χ4n) is 2.36. The van der Waals surface area contributed by atoms with Gasteiger partial charge in [0.25, 0.3) is 5.22 Å². The van der Waals surface area contributed by atoms with Crippen molar-refractivity contribution in [3.8, 4) is 5.75 Å². The number of carbonyl (C=O) groups is 1. The Labute approximate surface area is 148 Å². The van der Waals surface area contributed by atoms with Crippen LogP contribution in [0.1, 0.15) is 18.5 Å². The molecule has 0 saturated carbocycles. The predicted octanol–water partition coefficient (Wildman–Crippen LogP) is 3.95. The maximum Gasteiger partial charge on any atom is 0.257 e. The van der Waals surface area contributed by atoms with Gasteiger partial charge in [0.05, 0.1) is 18.9 Å². The van der Waals surface area contributed by atoms with Gasteiger partial charge < -0.3 is 14.5 Å². The first-order valence-electron chi connectivity index (χ1n) is 7.68. The van der Waals surface area contributed by atoms with Crippen molar-refractivity contribution in [3.63, 3.8) is 0 Å². The van der Waals surface area contributed by atoms with Crippen molar-refractivity contribution >= 4 is 28.8 Å². The number of hydrogen-bond acceptors (Lipinski definition) is 5. The molecule has 130 valence electrons. The third kappa shape index (κ3) is 4.11. The summed E-state index contributed by atoms with van der Waals surface area (Å²) in [5.41, 5.74) is 2.11. The van der Waals surface area contributed by atoms with Gasteiger partial charge in [-0.05, 0) is 36.8 Å². The van der Waals surface area contributed by atoms with E-state index >= 15 is 0 Å². The van der Waals surface area contributed by atoms with Gasteiger partial charge in [-0.3, -0.25) is 4.79 Å². The van der Waals surface area contributed by atoms with Gasteiger partial charge in [0.2, 0.25) is 5.91 Å². The summed E-state index contributed by atoms with van der Waals surface area (Å²) in [6.45, 7) is 1.79. The van der Waals surface area contributed by atoms with Gasteiger partial charge in [-0.15, -0.1) is 0 Å². The van der Waals surface area contributed by atoms with Crippen LogP contribution in [0.15, 0.2) is 52.1 Å². The molecule has 0 radical (unpaired) electrons. The molecule has 2 aromatic carbocycles. The van der Waals surface area contributed by atoms with Gasteiger partial charge >= 0.3 is 0 Å². The van der Waals surface area contributed by atoms with Gasteiger partial charge in [-0.2, -0.15) is 0 Å². The monoisotopic (exact) mass is 360 g/mol. The van der Waals surface area contributed by atoms with E-state index in [1.165, 1.54) is 24.9 Å². The van der Waals surface area contributed by atoms with Crippen LogP contribution in [-0.4, -0.2) is 23.8 Å². The normalized spacial score (nSPS) is 12.1. The molecule has 7 heteroatoms. The van der Waals surface area contributed by atoms with Crippen LogP contribution in [0, 0.1) is 5.82 Å². The van der Waals surface area contributed by atoms with Gasteiger partial charge in [-0.1, -0.05) is 30.0 Å². The molecule has 0 fully saturated rings. The van der Waals surface area contributed by atoms with E-state index in [0.717, 1.165) is 5.52 Å². The number of hydrogen-bond donors (Lipinski definition) is 1. The predicted molar refractivity (Wildman–Crippen MR) is 94.2 cm³/mol. The molecule has 3 aromatic rings. The first-order chi connectivity index (χ1) is 12.1. The molecular weight excluding hydrogens is 343 g/mol. The fraction of sp³-hybridized carbons (Fsp3) is 0.222. The number of nitrogens with zero attached hydrogens (tertiary/aromatic N) is 1. The van der Waals surface area contributed by atoms with Crippen LogP contribution >= 0.6 is 11.8 Å². The SMILES string of the molecule is COc1ccc([C@H](C)NC(=O)CSc2nc3ccccc3o2)cc1F. The van der Waals surface area contributed by atoms with Crippen molar-refractivity contribution < 1.29 is 18.3 Å². The topological polar surface area (TPSA) is 64.4 Å². The highest BCUT2D eigenvalue weighted by atomic mass is 32.2. The van der Waals surface area contributed by atoms with Crippen molar-refractivity contribution in [2.75, 3.05) is 12.9 Å². The molecule has 1 amide bonds. The number of aromatic nitrogens is 1. The maximum atomic E-state index is 13.8. The number of amides is 1. The van der Waals surface area contributed by atoms with Crippen molar-refractivity contribution in [2.24, 2.45) is 0 Å². The van der Waals surface area contributed by atoms with E-state index in [2.05, 4.69) is 10.3 Å². The molecule has 25 heavy (non-hydrogen) atoms.